The molecule has 4 rings (SSSR count). The van der Waals surface area contributed by atoms with E-state index in [1.54, 1.807) is 12.1 Å². The summed E-state index contributed by atoms with van der Waals surface area (Å²) in [5.74, 6) is 0.800. The number of ether oxygens (including phenoxy) is 1. The van der Waals surface area contributed by atoms with E-state index in [1.807, 2.05) is 40.7 Å². The van der Waals surface area contributed by atoms with Crippen LogP contribution in [0.15, 0.2) is 23.1 Å². The van der Waals surface area contributed by atoms with Crippen LogP contribution in [0, 0.1) is 34.6 Å². The highest BCUT2D eigenvalue weighted by atomic mass is 32.2. The van der Waals surface area contributed by atoms with Gasteiger partial charge in [0.2, 0.25) is 0 Å². The molecule has 6 nitrogen and oxygen atoms in total. The van der Waals surface area contributed by atoms with Crippen molar-refractivity contribution in [2.45, 2.75) is 58.5 Å². The number of H-pyrrole nitrogens is 1. The second-order valence-electron chi connectivity index (χ2n) is 7.92. The van der Waals surface area contributed by atoms with Gasteiger partial charge in [-0.1, -0.05) is 0 Å². The van der Waals surface area contributed by atoms with Gasteiger partial charge in [0.15, 0.2) is 0 Å². The van der Waals surface area contributed by atoms with Crippen LogP contribution in [0.1, 0.15) is 52.6 Å². The van der Waals surface area contributed by atoms with Gasteiger partial charge < -0.3 is 9.72 Å². The molecule has 1 fully saturated rings. The van der Waals surface area contributed by atoms with E-state index in [-0.39, 0.29) is 6.10 Å². The number of imidazole rings is 1. The molecule has 7 heteroatoms. The lowest BCUT2D eigenvalue weighted by atomic mass is 9.95. The topological polar surface area (TPSA) is 84.1 Å². The molecule has 1 atom stereocenters. The van der Waals surface area contributed by atoms with E-state index >= 15 is 0 Å². The minimum absolute atomic E-state index is 0.00801. The van der Waals surface area contributed by atoms with Crippen LogP contribution in [0.5, 0.6) is 0 Å². The Bertz CT molecular complexity index is 1180. The van der Waals surface area contributed by atoms with Gasteiger partial charge in [-0.15, -0.1) is 0 Å². The third kappa shape index (κ3) is 3.42. The normalized spacial score (nSPS) is 17.2. The molecule has 29 heavy (non-hydrogen) atoms. The quantitative estimate of drug-likeness (QED) is 0.646. The van der Waals surface area contributed by atoms with Gasteiger partial charge in [0.05, 0.1) is 21.6 Å². The zero-order valence-corrected chi connectivity index (χ0v) is 18.3. The van der Waals surface area contributed by atoms with Crippen LogP contribution >= 0.6 is 0 Å². The number of nitrogens with one attached hydrogen (secondary N) is 2. The second-order valence-corrected chi connectivity index (χ2v) is 9.53. The summed E-state index contributed by atoms with van der Waals surface area (Å²) in [6.45, 7) is 10.5. The van der Waals surface area contributed by atoms with Gasteiger partial charge in [-0.05, 0) is 93.5 Å². The Morgan fingerprint density at radius 1 is 1.03 bits per heavy atom. The maximum absolute atomic E-state index is 13.3. The van der Waals surface area contributed by atoms with Crippen LogP contribution < -0.4 is 4.72 Å². The summed E-state index contributed by atoms with van der Waals surface area (Å²) in [5.41, 5.74) is 6.85. The average Bonchev–Trinajstić information content (AvgIpc) is 3.33. The standard InChI is InChI=1S/C22H27N3O3S/c1-12-13(2)15(4)21(16(5)14(12)3)29(26,27)25-17-8-9-18-19(11-17)24-22(23-18)20-7-6-10-28-20/h8-9,11,20,25H,6-7,10H2,1-5H3,(H,23,24). The molecule has 1 aliphatic rings. The van der Waals surface area contributed by atoms with Crippen molar-refractivity contribution in [1.29, 1.82) is 0 Å². The van der Waals surface area contributed by atoms with Crippen molar-refractivity contribution in [3.63, 3.8) is 0 Å². The van der Waals surface area contributed by atoms with Crippen LogP contribution in [0.2, 0.25) is 0 Å². The van der Waals surface area contributed by atoms with Crippen LogP contribution in [-0.4, -0.2) is 25.0 Å². The van der Waals surface area contributed by atoms with Crippen molar-refractivity contribution in [2.24, 2.45) is 0 Å². The number of sulfonamides is 1. The number of nitrogens with zero attached hydrogens (tertiary/aromatic N) is 1. The zero-order valence-electron chi connectivity index (χ0n) is 17.5. The first kappa shape index (κ1) is 19.9. The summed E-state index contributed by atoms with van der Waals surface area (Å²) in [6, 6.07) is 5.36. The van der Waals surface area contributed by atoms with Gasteiger partial charge in [-0.3, -0.25) is 4.72 Å². The fourth-order valence-electron chi connectivity index (χ4n) is 4.11. The minimum atomic E-state index is -3.72. The number of aromatic amines is 1. The molecule has 0 radical (unpaired) electrons. The van der Waals surface area contributed by atoms with E-state index in [1.165, 1.54) is 0 Å². The van der Waals surface area contributed by atoms with E-state index in [0.29, 0.717) is 10.6 Å². The summed E-state index contributed by atoms with van der Waals surface area (Å²) in [7, 11) is -3.72. The molecule has 3 aromatic rings. The molecule has 2 aromatic carbocycles. The maximum Gasteiger partial charge on any atom is 0.262 e. The number of benzene rings is 2. The molecule has 1 saturated heterocycles. The van der Waals surface area contributed by atoms with Crippen LogP contribution in [0.4, 0.5) is 5.69 Å². The highest BCUT2D eigenvalue weighted by molar-refractivity contribution is 7.92. The SMILES string of the molecule is Cc1c(C)c(C)c(S(=O)(=O)Nc2ccc3nc(C4CCCO4)[nH]c3c2)c(C)c1C. The molecule has 1 aromatic heterocycles. The van der Waals surface area contributed by atoms with E-state index < -0.39 is 10.0 Å². The lowest BCUT2D eigenvalue weighted by Crippen LogP contribution is -2.17. The molecule has 0 saturated carbocycles. The highest BCUT2D eigenvalue weighted by Gasteiger charge is 2.24. The van der Waals surface area contributed by atoms with Crippen LogP contribution in [0.3, 0.4) is 0 Å². The molecule has 1 unspecified atom stereocenters. The van der Waals surface area contributed by atoms with Crippen molar-refractivity contribution in [3.8, 4) is 0 Å². The molecule has 0 bridgehead atoms. The number of fused-ring (bicyclic) bond motifs is 1. The summed E-state index contributed by atoms with van der Waals surface area (Å²) in [6.07, 6.45) is 1.97. The average molecular weight is 414 g/mol. The Morgan fingerprint density at radius 2 is 1.69 bits per heavy atom. The van der Waals surface area contributed by atoms with Gasteiger partial charge in [0.25, 0.3) is 10.0 Å². The predicted molar refractivity (Wildman–Crippen MR) is 115 cm³/mol. The number of anilines is 1. The number of aromatic nitrogens is 2. The predicted octanol–water partition coefficient (Wildman–Crippen LogP) is 4.76. The maximum atomic E-state index is 13.3. The van der Waals surface area contributed by atoms with Gasteiger partial charge in [0, 0.05) is 6.61 Å². The van der Waals surface area contributed by atoms with Crippen molar-refractivity contribution in [2.75, 3.05) is 11.3 Å². The van der Waals surface area contributed by atoms with Crippen molar-refractivity contribution in [3.05, 3.63) is 51.8 Å². The molecule has 2 heterocycles. The molecular formula is C22H27N3O3S. The first-order valence-corrected chi connectivity index (χ1v) is 11.4. The Balaban J connectivity index is 1.71. The smallest absolute Gasteiger partial charge is 0.262 e. The van der Waals surface area contributed by atoms with E-state index in [9.17, 15) is 8.42 Å². The highest BCUT2D eigenvalue weighted by Crippen LogP contribution is 2.32. The number of rotatable bonds is 4. The summed E-state index contributed by atoms with van der Waals surface area (Å²) >= 11 is 0. The van der Waals surface area contributed by atoms with Crippen molar-refractivity contribution >= 4 is 26.7 Å². The summed E-state index contributed by atoms with van der Waals surface area (Å²) in [4.78, 5) is 8.24. The Kier molecular flexibility index (Phi) is 4.91. The van der Waals surface area contributed by atoms with Gasteiger partial charge in [-0.2, -0.15) is 0 Å². The Morgan fingerprint density at radius 3 is 2.31 bits per heavy atom. The fourth-order valence-corrected chi connectivity index (χ4v) is 5.77. The third-order valence-corrected chi connectivity index (χ3v) is 7.84. The van der Waals surface area contributed by atoms with Crippen molar-refractivity contribution < 1.29 is 13.2 Å². The second kappa shape index (κ2) is 7.15. The first-order chi connectivity index (χ1) is 13.7. The van der Waals surface area contributed by atoms with E-state index in [2.05, 4.69) is 14.7 Å². The van der Waals surface area contributed by atoms with E-state index in [0.717, 1.165) is 64.1 Å². The lowest BCUT2D eigenvalue weighted by Gasteiger charge is -2.19. The van der Waals surface area contributed by atoms with Gasteiger partial charge in [0.1, 0.15) is 11.9 Å². The lowest BCUT2D eigenvalue weighted by molar-refractivity contribution is 0.106. The summed E-state index contributed by atoms with van der Waals surface area (Å²) in [5, 5.41) is 0. The largest absolute Gasteiger partial charge is 0.370 e. The van der Waals surface area contributed by atoms with Gasteiger partial charge >= 0.3 is 0 Å². The van der Waals surface area contributed by atoms with E-state index in [4.69, 9.17) is 4.74 Å². The molecule has 1 aliphatic heterocycles. The molecule has 0 aliphatic carbocycles. The van der Waals surface area contributed by atoms with Crippen LogP contribution in [-0.2, 0) is 14.8 Å². The molecule has 154 valence electrons. The number of hydrogen-bond donors (Lipinski definition) is 2. The van der Waals surface area contributed by atoms with Crippen LogP contribution in [0.25, 0.3) is 11.0 Å². The van der Waals surface area contributed by atoms with Crippen molar-refractivity contribution in [1.82, 2.24) is 9.97 Å². The molecular weight excluding hydrogens is 386 g/mol. The molecule has 0 amide bonds. The number of hydrogen-bond acceptors (Lipinski definition) is 4. The zero-order chi connectivity index (χ0) is 20.9. The minimum Gasteiger partial charge on any atom is -0.370 e. The molecule has 0 spiro atoms. The third-order valence-electron chi connectivity index (χ3n) is 6.19. The first-order valence-electron chi connectivity index (χ1n) is 9.90. The van der Waals surface area contributed by atoms with Gasteiger partial charge in [-0.25, -0.2) is 13.4 Å². The fraction of sp³-hybridized carbons (Fsp3) is 0.409. The Hall–Kier alpha value is -2.38. The molecule has 2 N–H and O–H groups in total. The Labute approximate surface area is 171 Å². The summed E-state index contributed by atoms with van der Waals surface area (Å²) < 4.78 is 34.9. The monoisotopic (exact) mass is 413 g/mol.